The van der Waals surface area contributed by atoms with Gasteiger partial charge in [-0.2, -0.15) is 0 Å². The molecule has 0 aromatic rings. The van der Waals surface area contributed by atoms with Gasteiger partial charge in [0, 0.05) is 6.42 Å². The number of halogens is 2. The maximum atomic E-state index is 5.81. The van der Waals surface area contributed by atoms with E-state index in [-0.39, 0.29) is 3.23 Å². The lowest BCUT2D eigenvalue weighted by molar-refractivity contribution is 0.296. The summed E-state index contributed by atoms with van der Waals surface area (Å²) in [6, 6.07) is 0. The van der Waals surface area contributed by atoms with Gasteiger partial charge in [-0.1, -0.05) is 31.9 Å². The fraction of sp³-hybridized carbons (Fsp3) is 1.00. The van der Waals surface area contributed by atoms with Crippen molar-refractivity contribution in [3.63, 3.8) is 0 Å². The standard InChI is InChI=1S/C6H12Br2OSi/c1-10(2,3)9-5-4-6(5,7)8/h5H,4H2,1-3H3. The molecule has 1 fully saturated rings. The second-order valence-electron chi connectivity index (χ2n) is 3.68. The fourth-order valence-electron chi connectivity index (χ4n) is 0.743. The monoisotopic (exact) mass is 286 g/mol. The van der Waals surface area contributed by atoms with Gasteiger partial charge in [0.1, 0.15) is 3.23 Å². The molecule has 0 amide bonds. The predicted octanol–water partition coefficient (Wildman–Crippen LogP) is 3.10. The van der Waals surface area contributed by atoms with E-state index in [1.54, 1.807) is 0 Å². The van der Waals surface area contributed by atoms with Gasteiger partial charge in [-0.25, -0.2) is 0 Å². The highest BCUT2D eigenvalue weighted by Gasteiger charge is 2.52. The Bertz CT molecular complexity index is 141. The molecule has 0 bridgehead atoms. The molecule has 0 aliphatic heterocycles. The lowest BCUT2D eigenvalue weighted by Crippen LogP contribution is -2.27. The molecular formula is C6H12Br2OSi. The third-order valence-corrected chi connectivity index (χ3v) is 3.92. The molecule has 0 heterocycles. The molecule has 1 unspecified atom stereocenters. The van der Waals surface area contributed by atoms with Crippen molar-refractivity contribution >= 4 is 40.2 Å². The Morgan fingerprint density at radius 3 is 1.90 bits per heavy atom. The van der Waals surface area contributed by atoms with Crippen LogP contribution in [-0.4, -0.2) is 17.7 Å². The van der Waals surface area contributed by atoms with Crippen LogP contribution in [0.25, 0.3) is 0 Å². The maximum absolute atomic E-state index is 5.81. The summed E-state index contributed by atoms with van der Waals surface area (Å²) in [5, 5.41) is 0. The SMILES string of the molecule is C[Si](C)(C)OC1CC1(Br)Br. The molecule has 1 aliphatic rings. The van der Waals surface area contributed by atoms with Gasteiger partial charge in [0.15, 0.2) is 8.32 Å². The zero-order valence-electron chi connectivity index (χ0n) is 6.45. The van der Waals surface area contributed by atoms with E-state index in [0.717, 1.165) is 6.42 Å². The molecule has 1 saturated carbocycles. The topological polar surface area (TPSA) is 9.23 Å². The van der Waals surface area contributed by atoms with Crippen molar-refractivity contribution in [2.75, 3.05) is 0 Å². The van der Waals surface area contributed by atoms with Gasteiger partial charge in [0.2, 0.25) is 0 Å². The minimum Gasteiger partial charge on any atom is -0.412 e. The Balaban J connectivity index is 2.31. The van der Waals surface area contributed by atoms with E-state index in [1.165, 1.54) is 0 Å². The average Bonchev–Trinajstić information content (AvgIpc) is 2.05. The Morgan fingerprint density at radius 2 is 1.80 bits per heavy atom. The van der Waals surface area contributed by atoms with Gasteiger partial charge in [-0.3, -0.25) is 0 Å². The van der Waals surface area contributed by atoms with Crippen LogP contribution in [0.4, 0.5) is 0 Å². The van der Waals surface area contributed by atoms with Gasteiger partial charge in [0.25, 0.3) is 0 Å². The Morgan fingerprint density at radius 1 is 1.40 bits per heavy atom. The van der Waals surface area contributed by atoms with Crippen LogP contribution in [0.3, 0.4) is 0 Å². The largest absolute Gasteiger partial charge is 0.412 e. The van der Waals surface area contributed by atoms with Crippen molar-refractivity contribution in [3.8, 4) is 0 Å². The molecule has 1 aliphatic carbocycles. The van der Waals surface area contributed by atoms with E-state index in [9.17, 15) is 0 Å². The van der Waals surface area contributed by atoms with E-state index in [0.29, 0.717) is 6.10 Å². The summed E-state index contributed by atoms with van der Waals surface area (Å²) >= 11 is 7.04. The Kier molecular flexibility index (Phi) is 2.37. The Hall–Kier alpha value is 1.14. The smallest absolute Gasteiger partial charge is 0.184 e. The minimum atomic E-state index is -1.31. The highest BCUT2D eigenvalue weighted by Crippen LogP contribution is 2.53. The Labute approximate surface area is 79.9 Å². The van der Waals surface area contributed by atoms with Crippen LogP contribution in [0.1, 0.15) is 6.42 Å². The average molecular weight is 288 g/mol. The van der Waals surface area contributed by atoms with Gasteiger partial charge < -0.3 is 4.43 Å². The zero-order chi connectivity index (χ0) is 7.99. The first-order valence-electron chi connectivity index (χ1n) is 3.37. The molecule has 1 nitrogen and oxygen atoms in total. The maximum Gasteiger partial charge on any atom is 0.184 e. The molecule has 0 aromatic carbocycles. The highest BCUT2D eigenvalue weighted by molar-refractivity contribution is 9.25. The first-order chi connectivity index (χ1) is 4.31. The molecule has 10 heavy (non-hydrogen) atoms. The minimum absolute atomic E-state index is 0.111. The van der Waals surface area contributed by atoms with Gasteiger partial charge >= 0.3 is 0 Å². The first-order valence-corrected chi connectivity index (χ1v) is 8.36. The van der Waals surface area contributed by atoms with Crippen LogP contribution in [-0.2, 0) is 4.43 Å². The van der Waals surface area contributed by atoms with Crippen molar-refractivity contribution in [2.24, 2.45) is 0 Å². The van der Waals surface area contributed by atoms with E-state index in [2.05, 4.69) is 51.5 Å². The second-order valence-corrected chi connectivity index (χ2v) is 12.0. The van der Waals surface area contributed by atoms with Crippen LogP contribution < -0.4 is 0 Å². The quantitative estimate of drug-likeness (QED) is 0.560. The number of alkyl halides is 2. The summed E-state index contributed by atoms with van der Waals surface area (Å²) in [7, 11) is -1.31. The summed E-state index contributed by atoms with van der Waals surface area (Å²) in [5.74, 6) is 0. The van der Waals surface area contributed by atoms with Crippen LogP contribution in [0, 0.1) is 0 Å². The summed E-state index contributed by atoms with van der Waals surface area (Å²) < 4.78 is 5.92. The summed E-state index contributed by atoms with van der Waals surface area (Å²) in [6.45, 7) is 6.63. The highest BCUT2D eigenvalue weighted by atomic mass is 79.9. The van der Waals surface area contributed by atoms with Crippen LogP contribution >= 0.6 is 31.9 Å². The predicted molar refractivity (Wildman–Crippen MR) is 53.4 cm³/mol. The van der Waals surface area contributed by atoms with E-state index in [4.69, 9.17) is 4.43 Å². The number of rotatable bonds is 2. The molecule has 0 spiro atoms. The van der Waals surface area contributed by atoms with Crippen LogP contribution in [0.2, 0.25) is 19.6 Å². The number of hydrogen-bond acceptors (Lipinski definition) is 1. The molecule has 0 N–H and O–H groups in total. The van der Waals surface area contributed by atoms with Crippen molar-refractivity contribution in [1.29, 1.82) is 0 Å². The summed E-state index contributed by atoms with van der Waals surface area (Å²) in [4.78, 5) is 0. The third kappa shape index (κ3) is 2.64. The van der Waals surface area contributed by atoms with Crippen molar-refractivity contribution in [1.82, 2.24) is 0 Å². The second kappa shape index (κ2) is 2.57. The van der Waals surface area contributed by atoms with Crippen molar-refractivity contribution in [3.05, 3.63) is 0 Å². The van der Waals surface area contributed by atoms with Gasteiger partial charge in [-0.05, 0) is 19.6 Å². The molecule has 1 rings (SSSR count). The van der Waals surface area contributed by atoms with E-state index < -0.39 is 8.32 Å². The van der Waals surface area contributed by atoms with Gasteiger partial charge in [-0.15, -0.1) is 0 Å². The van der Waals surface area contributed by atoms with Crippen molar-refractivity contribution in [2.45, 2.75) is 35.4 Å². The lowest BCUT2D eigenvalue weighted by Gasteiger charge is -2.17. The fourth-order valence-corrected chi connectivity index (χ4v) is 3.00. The normalized spacial score (nSPS) is 30.3. The molecule has 0 saturated heterocycles. The summed E-state index contributed by atoms with van der Waals surface area (Å²) in [5.41, 5.74) is 0. The van der Waals surface area contributed by atoms with E-state index in [1.807, 2.05) is 0 Å². The van der Waals surface area contributed by atoms with E-state index >= 15 is 0 Å². The molecule has 0 radical (unpaired) electrons. The van der Waals surface area contributed by atoms with Crippen LogP contribution in [0.15, 0.2) is 0 Å². The molecule has 4 heteroatoms. The lowest BCUT2D eigenvalue weighted by atomic mass is 10.9. The van der Waals surface area contributed by atoms with Crippen LogP contribution in [0.5, 0.6) is 0 Å². The molecule has 0 aromatic heterocycles. The number of hydrogen-bond donors (Lipinski definition) is 0. The molecule has 1 atom stereocenters. The van der Waals surface area contributed by atoms with Gasteiger partial charge in [0.05, 0.1) is 6.10 Å². The van der Waals surface area contributed by atoms with Crippen molar-refractivity contribution < 1.29 is 4.43 Å². The molecular weight excluding hydrogens is 276 g/mol. The molecule has 60 valence electrons. The first kappa shape index (κ1) is 9.23. The zero-order valence-corrected chi connectivity index (χ0v) is 10.6. The third-order valence-electron chi connectivity index (χ3n) is 1.26. The summed E-state index contributed by atoms with van der Waals surface area (Å²) in [6.07, 6.45) is 1.50.